The smallest absolute Gasteiger partial charge is 0.257 e. The number of rotatable bonds is 2. The SMILES string of the molecule is CN1c2ccc(NC(=O)CBr)cc2C(=O)N2CCc3c([nH]c4ccccc34)C21. The molecule has 3 heterocycles. The quantitative estimate of drug-likeness (QED) is 0.600. The number of hydrogen-bond acceptors (Lipinski definition) is 3. The number of aromatic nitrogens is 1. The van der Waals surface area contributed by atoms with Gasteiger partial charge in [-0.2, -0.15) is 0 Å². The molecule has 6 nitrogen and oxygen atoms in total. The molecule has 1 atom stereocenters. The second kappa shape index (κ2) is 6.38. The highest BCUT2D eigenvalue weighted by Gasteiger charge is 2.41. The van der Waals surface area contributed by atoms with Crippen LogP contribution in [0, 0.1) is 0 Å². The van der Waals surface area contributed by atoms with Gasteiger partial charge in [0, 0.05) is 30.2 Å². The normalized spacial score (nSPS) is 17.9. The van der Waals surface area contributed by atoms with E-state index < -0.39 is 0 Å². The molecule has 0 saturated carbocycles. The third-order valence-corrected chi connectivity index (χ3v) is 6.15. The number of fused-ring (bicyclic) bond motifs is 6. The van der Waals surface area contributed by atoms with Crippen molar-refractivity contribution in [3.05, 3.63) is 59.3 Å². The number of anilines is 2. The van der Waals surface area contributed by atoms with E-state index >= 15 is 0 Å². The lowest BCUT2D eigenvalue weighted by atomic mass is 9.96. The van der Waals surface area contributed by atoms with Gasteiger partial charge in [-0.15, -0.1) is 0 Å². The Kier molecular flexibility index (Phi) is 3.94. The average Bonchev–Trinajstić information content (AvgIpc) is 3.10. The lowest BCUT2D eigenvalue weighted by Gasteiger charge is -2.46. The molecule has 5 rings (SSSR count). The topological polar surface area (TPSA) is 68.4 Å². The van der Waals surface area contributed by atoms with Crippen LogP contribution in [0.3, 0.4) is 0 Å². The number of hydrogen-bond donors (Lipinski definition) is 2. The van der Waals surface area contributed by atoms with E-state index in [0.717, 1.165) is 23.3 Å². The zero-order valence-electron chi connectivity index (χ0n) is 15.3. The Morgan fingerprint density at radius 3 is 2.93 bits per heavy atom. The molecule has 0 spiro atoms. The maximum atomic E-state index is 13.3. The summed E-state index contributed by atoms with van der Waals surface area (Å²) in [5, 5.41) is 4.25. The summed E-state index contributed by atoms with van der Waals surface area (Å²) in [6.07, 6.45) is 0.671. The molecular weight excluding hydrogens is 420 g/mol. The second-order valence-corrected chi connectivity index (χ2v) is 7.77. The number of nitrogens with zero attached hydrogens (tertiary/aromatic N) is 2. The van der Waals surface area contributed by atoms with Gasteiger partial charge in [-0.3, -0.25) is 9.59 Å². The molecule has 2 aliphatic rings. The Bertz CT molecular complexity index is 1120. The van der Waals surface area contributed by atoms with Crippen molar-refractivity contribution < 1.29 is 9.59 Å². The average molecular weight is 439 g/mol. The van der Waals surface area contributed by atoms with Gasteiger partial charge in [0.05, 0.1) is 22.3 Å². The maximum absolute atomic E-state index is 13.3. The first kappa shape index (κ1) is 17.3. The Balaban J connectivity index is 1.60. The Morgan fingerprint density at radius 1 is 1.29 bits per heavy atom. The van der Waals surface area contributed by atoms with Crippen molar-refractivity contribution in [2.24, 2.45) is 0 Å². The fourth-order valence-corrected chi connectivity index (χ4v) is 4.55. The van der Waals surface area contributed by atoms with E-state index in [1.54, 1.807) is 6.07 Å². The fourth-order valence-electron chi connectivity index (χ4n) is 4.41. The summed E-state index contributed by atoms with van der Waals surface area (Å²) in [4.78, 5) is 32.6. The molecule has 0 bridgehead atoms. The van der Waals surface area contributed by atoms with Crippen molar-refractivity contribution in [3.63, 3.8) is 0 Å². The van der Waals surface area contributed by atoms with Crippen LogP contribution < -0.4 is 10.2 Å². The highest BCUT2D eigenvalue weighted by Crippen LogP contribution is 2.43. The van der Waals surface area contributed by atoms with Gasteiger partial charge in [-0.05, 0) is 36.2 Å². The zero-order chi connectivity index (χ0) is 19.4. The maximum Gasteiger partial charge on any atom is 0.257 e. The Morgan fingerprint density at radius 2 is 2.11 bits per heavy atom. The summed E-state index contributed by atoms with van der Waals surface area (Å²) < 4.78 is 0. The second-order valence-electron chi connectivity index (χ2n) is 7.21. The third kappa shape index (κ3) is 2.46. The first-order chi connectivity index (χ1) is 13.6. The molecule has 2 aliphatic heterocycles. The molecule has 28 heavy (non-hydrogen) atoms. The number of carbonyl (C=O) groups is 2. The van der Waals surface area contributed by atoms with Crippen molar-refractivity contribution in [2.45, 2.75) is 12.6 Å². The minimum Gasteiger partial charge on any atom is -0.355 e. The summed E-state index contributed by atoms with van der Waals surface area (Å²) in [5.74, 6) is -0.146. The van der Waals surface area contributed by atoms with Crippen LogP contribution in [0.4, 0.5) is 11.4 Å². The van der Waals surface area contributed by atoms with Crippen molar-refractivity contribution in [1.29, 1.82) is 0 Å². The summed E-state index contributed by atoms with van der Waals surface area (Å²) in [5.41, 5.74) is 5.60. The standard InChI is InChI=1S/C21H19BrN4O2/c1-25-17-7-6-12(23-18(27)11-22)10-15(17)21(28)26-9-8-14-13-4-2-3-5-16(13)24-19(14)20(25)26/h2-7,10,20,24H,8-9,11H2,1H3,(H,23,27). The predicted molar refractivity (Wildman–Crippen MR) is 113 cm³/mol. The molecule has 2 N–H and O–H groups in total. The number of amides is 2. The van der Waals surface area contributed by atoms with Crippen LogP contribution in [0.5, 0.6) is 0 Å². The molecule has 1 unspecified atom stereocenters. The zero-order valence-corrected chi connectivity index (χ0v) is 16.9. The summed E-state index contributed by atoms with van der Waals surface area (Å²) in [6, 6.07) is 13.8. The molecule has 0 radical (unpaired) electrons. The predicted octanol–water partition coefficient (Wildman–Crippen LogP) is 3.65. The molecule has 0 fully saturated rings. The monoisotopic (exact) mass is 438 g/mol. The van der Waals surface area contributed by atoms with Gasteiger partial charge >= 0.3 is 0 Å². The van der Waals surface area contributed by atoms with Crippen molar-refractivity contribution in [1.82, 2.24) is 9.88 Å². The molecule has 0 aliphatic carbocycles. The van der Waals surface area contributed by atoms with E-state index in [1.807, 2.05) is 30.1 Å². The van der Waals surface area contributed by atoms with Crippen molar-refractivity contribution in [3.8, 4) is 0 Å². The van der Waals surface area contributed by atoms with Gasteiger partial charge in [0.2, 0.25) is 5.91 Å². The van der Waals surface area contributed by atoms with E-state index in [-0.39, 0.29) is 23.3 Å². The van der Waals surface area contributed by atoms with Crippen LogP contribution in [-0.4, -0.2) is 40.6 Å². The third-order valence-electron chi connectivity index (χ3n) is 5.64. The van der Waals surface area contributed by atoms with Gasteiger partial charge in [0.1, 0.15) is 6.17 Å². The first-order valence-electron chi connectivity index (χ1n) is 9.21. The van der Waals surface area contributed by atoms with Gasteiger partial charge in [-0.1, -0.05) is 34.1 Å². The minimum atomic E-state index is -0.154. The van der Waals surface area contributed by atoms with E-state index in [0.29, 0.717) is 17.8 Å². The van der Waals surface area contributed by atoms with Crippen molar-refractivity contribution >= 4 is 50.0 Å². The molecular formula is C21H19BrN4O2. The van der Waals surface area contributed by atoms with E-state index in [1.165, 1.54) is 10.9 Å². The van der Waals surface area contributed by atoms with Gasteiger partial charge < -0.3 is 20.1 Å². The number of nitrogens with one attached hydrogen (secondary N) is 2. The van der Waals surface area contributed by atoms with Gasteiger partial charge in [0.25, 0.3) is 5.91 Å². The van der Waals surface area contributed by atoms with Crippen LogP contribution in [-0.2, 0) is 11.2 Å². The number of benzene rings is 2. The number of alkyl halides is 1. The number of halogens is 1. The van der Waals surface area contributed by atoms with E-state index in [4.69, 9.17) is 0 Å². The van der Waals surface area contributed by atoms with Crippen LogP contribution >= 0.6 is 15.9 Å². The molecule has 2 aromatic carbocycles. The van der Waals surface area contributed by atoms with Crippen LogP contribution in [0.15, 0.2) is 42.5 Å². The van der Waals surface area contributed by atoms with Crippen LogP contribution in [0.2, 0.25) is 0 Å². The summed E-state index contributed by atoms with van der Waals surface area (Å²) in [7, 11) is 2.01. The molecule has 0 saturated heterocycles. The Labute approximate surface area is 170 Å². The number of H-pyrrole nitrogens is 1. The van der Waals surface area contributed by atoms with E-state index in [2.05, 4.69) is 49.3 Å². The molecule has 142 valence electrons. The lowest BCUT2D eigenvalue weighted by molar-refractivity contribution is -0.113. The van der Waals surface area contributed by atoms with E-state index in [9.17, 15) is 9.59 Å². The fraction of sp³-hybridized carbons (Fsp3) is 0.238. The molecule has 3 aromatic rings. The van der Waals surface area contributed by atoms with Crippen molar-refractivity contribution in [2.75, 3.05) is 29.1 Å². The summed E-state index contributed by atoms with van der Waals surface area (Å²) >= 11 is 3.15. The molecule has 7 heteroatoms. The van der Waals surface area contributed by atoms with Gasteiger partial charge in [0.15, 0.2) is 0 Å². The molecule has 2 amide bonds. The first-order valence-corrected chi connectivity index (χ1v) is 10.3. The minimum absolute atomic E-state index is 0.00246. The largest absolute Gasteiger partial charge is 0.355 e. The molecule has 1 aromatic heterocycles. The highest BCUT2D eigenvalue weighted by molar-refractivity contribution is 9.09. The van der Waals surface area contributed by atoms with Crippen LogP contribution in [0.1, 0.15) is 27.8 Å². The van der Waals surface area contributed by atoms with Gasteiger partial charge in [-0.25, -0.2) is 0 Å². The highest BCUT2D eigenvalue weighted by atomic mass is 79.9. The number of aromatic amines is 1. The lowest BCUT2D eigenvalue weighted by Crippen LogP contribution is -2.51. The number of carbonyl (C=O) groups excluding carboxylic acids is 2. The Hall–Kier alpha value is -2.80. The van der Waals surface area contributed by atoms with Crippen LogP contribution in [0.25, 0.3) is 10.9 Å². The summed E-state index contributed by atoms with van der Waals surface area (Å²) in [6.45, 7) is 0.667. The number of para-hydroxylation sites is 1.